The lowest BCUT2D eigenvalue weighted by Crippen LogP contribution is -1.97. The number of nitrogens with zero attached hydrogens (tertiary/aromatic N) is 3. The first-order valence-corrected chi connectivity index (χ1v) is 6.75. The Morgan fingerprint density at radius 2 is 2.15 bits per heavy atom. The highest BCUT2D eigenvalue weighted by molar-refractivity contribution is 9.10. The second-order valence-corrected chi connectivity index (χ2v) is 5.39. The van der Waals surface area contributed by atoms with Gasteiger partial charge >= 0.3 is 5.97 Å². The third-order valence-electron chi connectivity index (χ3n) is 2.19. The molecule has 0 fully saturated rings. The summed E-state index contributed by atoms with van der Waals surface area (Å²) in [6.07, 6.45) is 2.51. The minimum Gasteiger partial charge on any atom is -0.478 e. The molecule has 1 N–H and O–H groups in total. The summed E-state index contributed by atoms with van der Waals surface area (Å²) in [6.45, 7) is 0. The Morgan fingerprint density at radius 3 is 2.75 bits per heavy atom. The first-order valence-electron chi connectivity index (χ1n) is 5.14. The molecule has 0 aliphatic rings. The third kappa shape index (κ3) is 3.31. The lowest BCUT2D eigenvalue weighted by atomic mass is 10.3. The molecule has 7 nitrogen and oxygen atoms in total. The van der Waals surface area contributed by atoms with Gasteiger partial charge in [-0.3, -0.25) is 10.1 Å². The molecule has 9 heteroatoms. The fourth-order valence-electron chi connectivity index (χ4n) is 1.29. The molecule has 0 atom stereocenters. The molecule has 102 valence electrons. The zero-order valence-corrected chi connectivity index (χ0v) is 12.1. The van der Waals surface area contributed by atoms with E-state index in [9.17, 15) is 14.9 Å². The predicted octanol–water partition coefficient (Wildman–Crippen LogP) is 3.00. The van der Waals surface area contributed by atoms with Crippen LogP contribution in [0.2, 0.25) is 0 Å². The number of hydrogen-bond acceptors (Lipinski definition) is 6. The summed E-state index contributed by atoms with van der Waals surface area (Å²) in [4.78, 5) is 28.9. The SMILES string of the molecule is O=C(O)c1ccnc(Sc2ncc([N+](=O)[O-])cc2Br)c1. The molecule has 0 aliphatic carbocycles. The first-order chi connectivity index (χ1) is 9.47. The van der Waals surface area contributed by atoms with E-state index in [0.29, 0.717) is 14.5 Å². The normalized spacial score (nSPS) is 10.2. The van der Waals surface area contributed by atoms with Crippen LogP contribution in [0, 0.1) is 10.1 Å². The van der Waals surface area contributed by atoms with Crippen molar-refractivity contribution in [2.45, 2.75) is 10.1 Å². The second kappa shape index (κ2) is 5.97. The summed E-state index contributed by atoms with van der Waals surface area (Å²) < 4.78 is 0.444. The largest absolute Gasteiger partial charge is 0.478 e. The summed E-state index contributed by atoms with van der Waals surface area (Å²) in [5, 5.41) is 20.4. The van der Waals surface area contributed by atoms with E-state index in [2.05, 4.69) is 25.9 Å². The molecular weight excluding hydrogens is 350 g/mol. The summed E-state index contributed by atoms with van der Waals surface area (Å²) >= 11 is 4.30. The molecule has 0 bridgehead atoms. The van der Waals surface area contributed by atoms with Gasteiger partial charge in [-0.25, -0.2) is 14.8 Å². The Kier molecular flexibility index (Phi) is 4.30. The molecule has 2 heterocycles. The molecule has 0 unspecified atom stereocenters. The quantitative estimate of drug-likeness (QED) is 0.663. The van der Waals surface area contributed by atoms with Crippen LogP contribution in [-0.4, -0.2) is 26.0 Å². The van der Waals surface area contributed by atoms with Crippen LogP contribution in [0.15, 0.2) is 45.1 Å². The van der Waals surface area contributed by atoms with Crippen molar-refractivity contribution in [2.75, 3.05) is 0 Å². The number of carboxylic acids is 1. The van der Waals surface area contributed by atoms with E-state index >= 15 is 0 Å². The fraction of sp³-hybridized carbons (Fsp3) is 0. The lowest BCUT2D eigenvalue weighted by Gasteiger charge is -2.03. The maximum atomic E-state index is 10.9. The molecule has 0 radical (unpaired) electrons. The molecule has 2 rings (SSSR count). The van der Waals surface area contributed by atoms with Gasteiger partial charge in [-0.05, 0) is 39.8 Å². The van der Waals surface area contributed by atoms with Crippen LogP contribution in [0.4, 0.5) is 5.69 Å². The minimum absolute atomic E-state index is 0.112. The van der Waals surface area contributed by atoms with Crippen LogP contribution in [0.5, 0.6) is 0 Å². The van der Waals surface area contributed by atoms with Crippen molar-refractivity contribution in [2.24, 2.45) is 0 Å². The number of halogens is 1. The Bertz CT molecular complexity index is 695. The van der Waals surface area contributed by atoms with E-state index in [4.69, 9.17) is 5.11 Å². The highest BCUT2D eigenvalue weighted by Gasteiger charge is 2.13. The Hall–Kier alpha value is -2.00. The highest BCUT2D eigenvalue weighted by Crippen LogP contribution is 2.32. The monoisotopic (exact) mass is 355 g/mol. The van der Waals surface area contributed by atoms with Crippen molar-refractivity contribution in [1.29, 1.82) is 0 Å². The van der Waals surface area contributed by atoms with Gasteiger partial charge in [-0.2, -0.15) is 0 Å². The van der Waals surface area contributed by atoms with Crippen molar-refractivity contribution >= 4 is 39.3 Å². The number of rotatable bonds is 4. The van der Waals surface area contributed by atoms with Crippen molar-refractivity contribution in [1.82, 2.24) is 9.97 Å². The first kappa shape index (κ1) is 14.4. The number of carbonyl (C=O) groups is 1. The average Bonchev–Trinajstić information content (AvgIpc) is 2.41. The van der Waals surface area contributed by atoms with E-state index in [-0.39, 0.29) is 11.3 Å². The molecule has 2 aromatic heterocycles. The van der Waals surface area contributed by atoms with Crippen LogP contribution < -0.4 is 0 Å². The molecule has 0 aliphatic heterocycles. The van der Waals surface area contributed by atoms with E-state index in [1.54, 1.807) is 0 Å². The Balaban J connectivity index is 2.28. The van der Waals surface area contributed by atoms with Gasteiger partial charge in [-0.15, -0.1) is 0 Å². The van der Waals surface area contributed by atoms with Gasteiger partial charge in [0.05, 0.1) is 15.0 Å². The van der Waals surface area contributed by atoms with Gasteiger partial charge in [-0.1, -0.05) is 0 Å². The van der Waals surface area contributed by atoms with Gasteiger partial charge in [0.2, 0.25) is 0 Å². The average molecular weight is 356 g/mol. The van der Waals surface area contributed by atoms with Crippen LogP contribution in [0.25, 0.3) is 0 Å². The van der Waals surface area contributed by atoms with Crippen molar-refractivity contribution in [3.63, 3.8) is 0 Å². The maximum absolute atomic E-state index is 10.9. The van der Waals surface area contributed by atoms with Crippen LogP contribution in [0.3, 0.4) is 0 Å². The number of pyridine rings is 2. The zero-order valence-electron chi connectivity index (χ0n) is 9.69. The van der Waals surface area contributed by atoms with Gasteiger partial charge in [0.25, 0.3) is 5.69 Å². The van der Waals surface area contributed by atoms with Gasteiger partial charge < -0.3 is 5.11 Å². The number of nitro groups is 1. The third-order valence-corrected chi connectivity index (χ3v) is 4.00. The predicted molar refractivity (Wildman–Crippen MR) is 73.9 cm³/mol. The lowest BCUT2D eigenvalue weighted by molar-refractivity contribution is -0.385. The van der Waals surface area contributed by atoms with Gasteiger partial charge in [0, 0.05) is 12.3 Å². The molecule has 0 aromatic carbocycles. The van der Waals surface area contributed by atoms with E-state index < -0.39 is 10.9 Å². The molecule has 2 aromatic rings. The van der Waals surface area contributed by atoms with E-state index in [1.165, 1.54) is 24.4 Å². The number of hydrogen-bond donors (Lipinski definition) is 1. The standard InChI is InChI=1S/C11H6BrN3O4S/c12-8-4-7(15(18)19)5-14-10(8)20-9-3-6(11(16)17)1-2-13-9/h1-5H,(H,16,17). The molecule has 0 spiro atoms. The minimum atomic E-state index is -1.05. The summed E-state index contributed by atoms with van der Waals surface area (Å²) in [7, 11) is 0. The number of aromatic nitrogens is 2. The van der Waals surface area contributed by atoms with Crippen molar-refractivity contribution in [3.05, 3.63) is 50.7 Å². The van der Waals surface area contributed by atoms with Gasteiger partial charge in [0.1, 0.15) is 16.2 Å². The Labute approximate surface area is 125 Å². The topological polar surface area (TPSA) is 106 Å². The van der Waals surface area contributed by atoms with Crippen LogP contribution in [-0.2, 0) is 0 Å². The Morgan fingerprint density at radius 1 is 1.40 bits per heavy atom. The molecular formula is C11H6BrN3O4S. The fourth-order valence-corrected chi connectivity index (χ4v) is 2.63. The van der Waals surface area contributed by atoms with E-state index in [0.717, 1.165) is 18.0 Å². The zero-order chi connectivity index (χ0) is 14.7. The molecule has 0 amide bonds. The van der Waals surface area contributed by atoms with Gasteiger partial charge in [0.15, 0.2) is 0 Å². The second-order valence-electron chi connectivity index (χ2n) is 3.53. The summed E-state index contributed by atoms with van der Waals surface area (Å²) in [5.74, 6) is -1.05. The summed E-state index contributed by atoms with van der Waals surface area (Å²) in [5.41, 5.74) is -0.0194. The number of aromatic carboxylic acids is 1. The number of carboxylic acid groups (broad SMARTS) is 1. The summed E-state index contributed by atoms with van der Waals surface area (Å²) in [6, 6.07) is 4.11. The van der Waals surface area contributed by atoms with Crippen LogP contribution in [0.1, 0.15) is 10.4 Å². The van der Waals surface area contributed by atoms with Crippen molar-refractivity contribution < 1.29 is 14.8 Å². The van der Waals surface area contributed by atoms with Crippen LogP contribution >= 0.6 is 27.7 Å². The molecule has 0 saturated heterocycles. The molecule has 20 heavy (non-hydrogen) atoms. The van der Waals surface area contributed by atoms with E-state index in [1.807, 2.05) is 0 Å². The highest BCUT2D eigenvalue weighted by atomic mass is 79.9. The van der Waals surface area contributed by atoms with Crippen molar-refractivity contribution in [3.8, 4) is 0 Å². The molecule has 0 saturated carbocycles. The smallest absolute Gasteiger partial charge is 0.335 e. The maximum Gasteiger partial charge on any atom is 0.335 e.